The van der Waals surface area contributed by atoms with E-state index in [-0.39, 0.29) is 5.56 Å². The van der Waals surface area contributed by atoms with E-state index in [0.717, 1.165) is 0 Å². The Kier molecular flexibility index (Phi) is 3.97. The van der Waals surface area contributed by atoms with Gasteiger partial charge in [-0.15, -0.1) is 0 Å². The van der Waals surface area contributed by atoms with Gasteiger partial charge in [0.1, 0.15) is 5.56 Å². The van der Waals surface area contributed by atoms with Crippen LogP contribution in [0.5, 0.6) is 11.5 Å². The molecule has 1 unspecified atom stereocenters. The molecule has 7 nitrogen and oxygen atoms in total. The summed E-state index contributed by atoms with van der Waals surface area (Å²) in [5, 5.41) is 5.14. The second-order valence-corrected chi connectivity index (χ2v) is 4.05. The number of cyclic esters (lactones) is 1. The predicted molar refractivity (Wildman–Crippen MR) is 69.9 cm³/mol. The van der Waals surface area contributed by atoms with Gasteiger partial charge in [0.2, 0.25) is 6.23 Å². The number of esters is 1. The largest absolute Gasteiger partial charge is 0.493 e. The fraction of sp³-hybridized carbons (Fsp3) is 0.385. The summed E-state index contributed by atoms with van der Waals surface area (Å²) in [5.41, 5.74) is 0.813. The lowest BCUT2D eigenvalue weighted by molar-refractivity contribution is 0.0336. The SMILES string of the molecule is CCNC(=O)NC1OC(=O)c2c1ccc(OC)c2OC. The third-order valence-corrected chi connectivity index (χ3v) is 2.89. The van der Waals surface area contributed by atoms with Gasteiger partial charge < -0.3 is 19.5 Å². The van der Waals surface area contributed by atoms with Crippen LogP contribution in [0.3, 0.4) is 0 Å². The van der Waals surface area contributed by atoms with Crippen LogP contribution in [0.2, 0.25) is 0 Å². The van der Waals surface area contributed by atoms with Gasteiger partial charge in [-0.2, -0.15) is 0 Å². The lowest BCUT2D eigenvalue weighted by atomic mass is 10.1. The van der Waals surface area contributed by atoms with Crippen LogP contribution in [0.4, 0.5) is 4.79 Å². The second-order valence-electron chi connectivity index (χ2n) is 4.05. The highest BCUT2D eigenvalue weighted by atomic mass is 16.6. The third-order valence-electron chi connectivity index (χ3n) is 2.89. The van der Waals surface area contributed by atoms with Gasteiger partial charge in [0.25, 0.3) is 0 Å². The zero-order chi connectivity index (χ0) is 14.7. The molecule has 1 aliphatic heterocycles. The van der Waals surface area contributed by atoms with E-state index in [0.29, 0.717) is 23.6 Å². The Balaban J connectivity index is 2.34. The molecule has 0 aromatic heterocycles. The molecule has 1 aromatic carbocycles. The van der Waals surface area contributed by atoms with Gasteiger partial charge in [-0.25, -0.2) is 9.59 Å². The van der Waals surface area contributed by atoms with Crippen molar-refractivity contribution in [3.8, 4) is 11.5 Å². The minimum atomic E-state index is -0.830. The summed E-state index contributed by atoms with van der Waals surface area (Å²) in [6, 6.07) is 2.91. The van der Waals surface area contributed by atoms with Crippen LogP contribution < -0.4 is 20.1 Å². The molecule has 0 spiro atoms. The van der Waals surface area contributed by atoms with Gasteiger partial charge in [-0.1, -0.05) is 0 Å². The van der Waals surface area contributed by atoms with E-state index in [2.05, 4.69) is 10.6 Å². The molecule has 0 radical (unpaired) electrons. The van der Waals surface area contributed by atoms with Crippen molar-refractivity contribution in [1.29, 1.82) is 0 Å². The minimum Gasteiger partial charge on any atom is -0.493 e. The quantitative estimate of drug-likeness (QED) is 0.809. The Morgan fingerprint density at radius 1 is 1.35 bits per heavy atom. The van der Waals surface area contributed by atoms with Gasteiger partial charge >= 0.3 is 12.0 Å². The number of carbonyl (C=O) groups is 2. The van der Waals surface area contributed by atoms with Gasteiger partial charge in [0.15, 0.2) is 11.5 Å². The lowest BCUT2D eigenvalue weighted by Crippen LogP contribution is -2.37. The molecule has 108 valence electrons. The van der Waals surface area contributed by atoms with Crippen LogP contribution in [0.15, 0.2) is 12.1 Å². The van der Waals surface area contributed by atoms with E-state index < -0.39 is 18.2 Å². The molecular formula is C13H16N2O5. The van der Waals surface area contributed by atoms with E-state index >= 15 is 0 Å². The van der Waals surface area contributed by atoms with E-state index in [1.807, 2.05) is 0 Å². The number of ether oxygens (including phenoxy) is 3. The predicted octanol–water partition coefficient (Wildman–Crippen LogP) is 1.19. The average Bonchev–Trinajstić information content (AvgIpc) is 2.74. The van der Waals surface area contributed by atoms with Crippen LogP contribution in [0.25, 0.3) is 0 Å². The second kappa shape index (κ2) is 5.68. The zero-order valence-corrected chi connectivity index (χ0v) is 11.5. The van der Waals surface area contributed by atoms with Gasteiger partial charge in [-0.3, -0.25) is 5.32 Å². The number of nitrogens with one attached hydrogen (secondary N) is 2. The first-order valence-corrected chi connectivity index (χ1v) is 6.12. The summed E-state index contributed by atoms with van der Waals surface area (Å²) >= 11 is 0. The number of hydrogen-bond donors (Lipinski definition) is 2. The molecule has 1 atom stereocenters. The summed E-state index contributed by atoms with van der Waals surface area (Å²) < 4.78 is 15.5. The number of fused-ring (bicyclic) bond motifs is 1. The Bertz CT molecular complexity index is 544. The zero-order valence-electron chi connectivity index (χ0n) is 11.5. The molecule has 20 heavy (non-hydrogen) atoms. The molecule has 0 bridgehead atoms. The molecule has 0 saturated heterocycles. The van der Waals surface area contributed by atoms with Crippen LogP contribution >= 0.6 is 0 Å². The first-order valence-electron chi connectivity index (χ1n) is 6.12. The van der Waals surface area contributed by atoms with Crippen LogP contribution in [-0.2, 0) is 4.74 Å². The van der Waals surface area contributed by atoms with Gasteiger partial charge in [0, 0.05) is 12.1 Å². The Morgan fingerprint density at radius 3 is 2.70 bits per heavy atom. The molecule has 7 heteroatoms. The molecule has 2 N–H and O–H groups in total. The summed E-state index contributed by atoms with van der Waals surface area (Å²) in [7, 11) is 2.92. The molecule has 0 fully saturated rings. The standard InChI is InChI=1S/C13H16N2O5/c1-4-14-13(17)15-11-7-5-6-8(18-2)10(19-3)9(7)12(16)20-11/h5-6,11H,4H2,1-3H3,(H2,14,15,17). The minimum absolute atomic E-state index is 0.272. The lowest BCUT2D eigenvalue weighted by Gasteiger charge is -2.14. The molecule has 1 aliphatic rings. The maximum absolute atomic E-state index is 11.9. The van der Waals surface area contributed by atoms with E-state index in [1.54, 1.807) is 19.1 Å². The Morgan fingerprint density at radius 2 is 2.10 bits per heavy atom. The number of carbonyl (C=O) groups excluding carboxylic acids is 2. The number of hydrogen-bond acceptors (Lipinski definition) is 5. The summed E-state index contributed by atoms with van der Waals surface area (Å²) in [6.07, 6.45) is -0.830. The number of methoxy groups -OCH3 is 2. The molecule has 0 aliphatic carbocycles. The van der Waals surface area contributed by atoms with E-state index in [9.17, 15) is 9.59 Å². The highest BCUT2D eigenvalue weighted by Gasteiger charge is 2.36. The highest BCUT2D eigenvalue weighted by Crippen LogP contribution is 2.40. The monoisotopic (exact) mass is 280 g/mol. The maximum Gasteiger partial charge on any atom is 0.344 e. The first kappa shape index (κ1) is 14.0. The summed E-state index contributed by atoms with van der Waals surface area (Å²) in [5.74, 6) is 0.176. The van der Waals surface area contributed by atoms with Crippen molar-refractivity contribution in [1.82, 2.24) is 10.6 Å². The highest BCUT2D eigenvalue weighted by molar-refractivity contribution is 5.98. The normalized spacial score (nSPS) is 16.1. The van der Waals surface area contributed by atoms with E-state index in [1.165, 1.54) is 14.2 Å². The van der Waals surface area contributed by atoms with Crippen LogP contribution in [0, 0.1) is 0 Å². The number of amides is 2. The van der Waals surface area contributed by atoms with Crippen molar-refractivity contribution in [2.45, 2.75) is 13.2 Å². The molecule has 2 rings (SSSR count). The molecule has 0 saturated carbocycles. The van der Waals surface area contributed by atoms with Crippen LogP contribution in [0.1, 0.15) is 29.1 Å². The topological polar surface area (TPSA) is 85.9 Å². The maximum atomic E-state index is 11.9. The van der Waals surface area contributed by atoms with E-state index in [4.69, 9.17) is 14.2 Å². The number of benzene rings is 1. The molecular weight excluding hydrogens is 264 g/mol. The van der Waals surface area contributed by atoms with Crippen molar-refractivity contribution in [2.24, 2.45) is 0 Å². The van der Waals surface area contributed by atoms with Gasteiger partial charge in [-0.05, 0) is 19.1 Å². The molecule has 2 amide bonds. The van der Waals surface area contributed by atoms with Crippen molar-refractivity contribution in [3.05, 3.63) is 23.3 Å². The van der Waals surface area contributed by atoms with Crippen molar-refractivity contribution in [3.63, 3.8) is 0 Å². The Labute approximate surface area is 116 Å². The van der Waals surface area contributed by atoms with Crippen molar-refractivity contribution >= 4 is 12.0 Å². The van der Waals surface area contributed by atoms with Crippen molar-refractivity contribution in [2.75, 3.05) is 20.8 Å². The molecule has 1 aromatic rings. The van der Waals surface area contributed by atoms with Crippen LogP contribution in [-0.4, -0.2) is 32.8 Å². The van der Waals surface area contributed by atoms with Crippen molar-refractivity contribution < 1.29 is 23.8 Å². The number of urea groups is 1. The summed E-state index contributed by atoms with van der Waals surface area (Å²) in [4.78, 5) is 23.5. The average molecular weight is 280 g/mol. The fourth-order valence-electron chi connectivity index (χ4n) is 2.04. The number of rotatable bonds is 4. The van der Waals surface area contributed by atoms with Gasteiger partial charge in [0.05, 0.1) is 14.2 Å². The Hall–Kier alpha value is -2.44. The first-order chi connectivity index (χ1) is 9.62. The smallest absolute Gasteiger partial charge is 0.344 e. The fourth-order valence-corrected chi connectivity index (χ4v) is 2.04. The summed E-state index contributed by atoms with van der Waals surface area (Å²) in [6.45, 7) is 2.27. The third kappa shape index (κ3) is 2.34. The molecule has 1 heterocycles.